The van der Waals surface area contributed by atoms with E-state index in [0.717, 1.165) is 0 Å². The van der Waals surface area contributed by atoms with E-state index in [1.54, 1.807) is 31.5 Å². The van der Waals surface area contributed by atoms with E-state index in [4.69, 9.17) is 19.1 Å². The average Bonchev–Trinajstić information content (AvgIpc) is 3.34. The van der Waals surface area contributed by atoms with Crippen molar-refractivity contribution in [3.05, 3.63) is 84.9 Å². The number of hydrogen-bond donors (Lipinski definition) is 1. The van der Waals surface area contributed by atoms with Gasteiger partial charge < -0.3 is 10.1 Å². The van der Waals surface area contributed by atoms with Crippen LogP contribution in [0.1, 0.15) is 45.5 Å². The number of aromatic nitrogens is 4. The standard InChI is InChI=1S/C26H24ClF2N5O3S/c1-13-9-30-18(20-12-38-25(32-20)26(4,5)33-15(3)35)8-21(13)34-14(2)6-22(23(27)24(34)36)37-11-19-17(29)7-16(28)10-31-19/h6-10,12H,11H2,1-5H3,(H,33,35)/i11D2. The van der Waals surface area contributed by atoms with Gasteiger partial charge in [-0.3, -0.25) is 24.1 Å². The molecule has 0 saturated carbocycles. The van der Waals surface area contributed by atoms with Gasteiger partial charge in [0.25, 0.3) is 5.56 Å². The van der Waals surface area contributed by atoms with Gasteiger partial charge in [-0.2, -0.15) is 0 Å². The molecule has 0 aromatic carbocycles. The fourth-order valence-electron chi connectivity index (χ4n) is 3.71. The molecule has 198 valence electrons. The van der Waals surface area contributed by atoms with Crippen LogP contribution in [0.4, 0.5) is 8.78 Å². The predicted octanol–water partition coefficient (Wildman–Crippen LogP) is 5.25. The number of hydrogen-bond acceptors (Lipinski definition) is 7. The van der Waals surface area contributed by atoms with Crippen LogP contribution in [0.3, 0.4) is 0 Å². The van der Waals surface area contributed by atoms with Crippen LogP contribution in [0.25, 0.3) is 17.1 Å². The zero-order chi connectivity index (χ0) is 29.6. The van der Waals surface area contributed by atoms with Crippen molar-refractivity contribution in [2.24, 2.45) is 0 Å². The summed E-state index contributed by atoms with van der Waals surface area (Å²) in [4.78, 5) is 37.5. The van der Waals surface area contributed by atoms with Crippen LogP contribution in [-0.2, 0) is 16.9 Å². The Balaban J connectivity index is 1.73. The first-order valence-electron chi connectivity index (χ1n) is 12.3. The summed E-state index contributed by atoms with van der Waals surface area (Å²) >= 11 is 7.68. The molecule has 0 bridgehead atoms. The number of halogens is 3. The second-order valence-electron chi connectivity index (χ2n) is 8.99. The zero-order valence-corrected chi connectivity index (χ0v) is 22.6. The van der Waals surface area contributed by atoms with Crippen LogP contribution in [0, 0.1) is 25.5 Å². The molecule has 0 aliphatic rings. The van der Waals surface area contributed by atoms with Gasteiger partial charge in [0.2, 0.25) is 5.91 Å². The van der Waals surface area contributed by atoms with E-state index >= 15 is 0 Å². The van der Waals surface area contributed by atoms with Gasteiger partial charge in [-0.25, -0.2) is 13.8 Å². The third-order valence-electron chi connectivity index (χ3n) is 5.47. The van der Waals surface area contributed by atoms with Crippen molar-refractivity contribution in [3.63, 3.8) is 0 Å². The summed E-state index contributed by atoms with van der Waals surface area (Å²) in [5, 5.41) is 4.86. The van der Waals surface area contributed by atoms with Crippen molar-refractivity contribution in [1.82, 2.24) is 24.8 Å². The molecule has 0 atom stereocenters. The quantitative estimate of drug-likeness (QED) is 0.331. The van der Waals surface area contributed by atoms with Gasteiger partial charge in [-0.15, -0.1) is 11.3 Å². The number of rotatable bonds is 7. The summed E-state index contributed by atoms with van der Waals surface area (Å²) in [6.07, 6.45) is 2.23. The summed E-state index contributed by atoms with van der Waals surface area (Å²) in [7, 11) is 0. The first-order chi connectivity index (χ1) is 18.6. The van der Waals surface area contributed by atoms with E-state index in [-0.39, 0.29) is 11.7 Å². The molecule has 12 heteroatoms. The Morgan fingerprint density at radius 2 is 1.95 bits per heavy atom. The Labute approximate surface area is 229 Å². The monoisotopic (exact) mass is 561 g/mol. The fraction of sp³-hybridized carbons (Fsp3) is 0.269. The van der Waals surface area contributed by atoms with Gasteiger partial charge in [0.15, 0.2) is 5.82 Å². The number of nitrogens with one attached hydrogen (secondary N) is 1. The molecule has 1 amide bonds. The highest BCUT2D eigenvalue weighted by atomic mass is 35.5. The van der Waals surface area contributed by atoms with Crippen molar-refractivity contribution in [2.75, 3.05) is 0 Å². The number of ether oxygens (including phenoxy) is 1. The molecule has 0 aliphatic heterocycles. The van der Waals surface area contributed by atoms with Crippen LogP contribution in [0.2, 0.25) is 5.02 Å². The lowest BCUT2D eigenvalue weighted by atomic mass is 10.1. The Bertz CT molecular complexity index is 1690. The van der Waals surface area contributed by atoms with E-state index in [1.165, 1.54) is 28.9 Å². The minimum atomic E-state index is -2.86. The van der Waals surface area contributed by atoms with Gasteiger partial charge in [-0.05, 0) is 39.3 Å². The van der Waals surface area contributed by atoms with E-state index < -0.39 is 40.0 Å². The number of thiazole rings is 1. The number of aryl methyl sites for hydroxylation is 2. The lowest BCUT2D eigenvalue weighted by Gasteiger charge is -2.22. The largest absolute Gasteiger partial charge is 0.485 e. The topological polar surface area (TPSA) is 99.0 Å². The third kappa shape index (κ3) is 5.58. The van der Waals surface area contributed by atoms with E-state index in [1.807, 2.05) is 13.8 Å². The van der Waals surface area contributed by atoms with Gasteiger partial charge in [-0.1, -0.05) is 11.6 Å². The average molecular weight is 562 g/mol. The van der Waals surface area contributed by atoms with Gasteiger partial charge in [0.1, 0.15) is 39.5 Å². The van der Waals surface area contributed by atoms with Crippen LogP contribution < -0.4 is 15.6 Å². The molecule has 4 aromatic heterocycles. The third-order valence-corrected chi connectivity index (χ3v) is 6.98. The second kappa shape index (κ2) is 10.6. The molecular weight excluding hydrogens is 536 g/mol. The van der Waals surface area contributed by atoms with Crippen molar-refractivity contribution in [3.8, 4) is 22.8 Å². The number of amides is 1. The highest BCUT2D eigenvalue weighted by Gasteiger charge is 2.26. The lowest BCUT2D eigenvalue weighted by Crippen LogP contribution is -2.39. The maximum absolute atomic E-state index is 14.2. The van der Waals surface area contributed by atoms with E-state index in [2.05, 4.69) is 20.3 Å². The molecule has 0 saturated heterocycles. The second-order valence-corrected chi connectivity index (χ2v) is 10.2. The highest BCUT2D eigenvalue weighted by molar-refractivity contribution is 7.10. The number of carbonyl (C=O) groups excluding carboxylic acids is 1. The van der Waals surface area contributed by atoms with Crippen molar-refractivity contribution in [2.45, 2.75) is 46.7 Å². The summed E-state index contributed by atoms with van der Waals surface area (Å²) in [5.41, 5.74) is 0.218. The molecule has 0 unspecified atom stereocenters. The smallest absolute Gasteiger partial charge is 0.277 e. The molecule has 38 heavy (non-hydrogen) atoms. The SMILES string of the molecule is [2H]C([2H])(Oc1cc(C)n(-c2cc(-c3csc(C(C)(C)NC(C)=O)n3)ncc2C)c(=O)c1Cl)c1ncc(F)cc1F. The summed E-state index contributed by atoms with van der Waals surface area (Å²) in [6.45, 7) is 5.58. The van der Waals surface area contributed by atoms with Gasteiger partial charge in [0, 0.05) is 36.3 Å². The number of carbonyl (C=O) groups is 1. The Morgan fingerprint density at radius 1 is 1.21 bits per heavy atom. The minimum absolute atomic E-state index is 0.191. The van der Waals surface area contributed by atoms with E-state index in [0.29, 0.717) is 45.6 Å². The van der Waals surface area contributed by atoms with Crippen molar-refractivity contribution < 1.29 is 21.1 Å². The minimum Gasteiger partial charge on any atom is -0.485 e. The normalized spacial score (nSPS) is 12.6. The van der Waals surface area contributed by atoms with Crippen LogP contribution in [-0.4, -0.2) is 25.4 Å². The Morgan fingerprint density at radius 3 is 2.63 bits per heavy atom. The maximum Gasteiger partial charge on any atom is 0.277 e. The Hall–Kier alpha value is -3.70. The van der Waals surface area contributed by atoms with Crippen molar-refractivity contribution >= 4 is 28.8 Å². The molecule has 4 heterocycles. The van der Waals surface area contributed by atoms with Gasteiger partial charge in [0.05, 0.1) is 25.9 Å². The molecule has 0 fully saturated rings. The van der Waals surface area contributed by atoms with Gasteiger partial charge >= 0.3 is 0 Å². The van der Waals surface area contributed by atoms with Crippen LogP contribution in [0.5, 0.6) is 5.75 Å². The first kappa shape index (κ1) is 24.6. The molecule has 1 N–H and O–H groups in total. The Kier molecular flexibility index (Phi) is 6.86. The molecule has 0 spiro atoms. The predicted molar refractivity (Wildman–Crippen MR) is 141 cm³/mol. The number of pyridine rings is 3. The van der Waals surface area contributed by atoms with Crippen LogP contribution >= 0.6 is 22.9 Å². The highest BCUT2D eigenvalue weighted by Crippen LogP contribution is 2.30. The summed E-state index contributed by atoms with van der Waals surface area (Å²) < 4.78 is 50.3. The molecule has 4 aromatic rings. The lowest BCUT2D eigenvalue weighted by molar-refractivity contribution is -0.120. The fourth-order valence-corrected chi connectivity index (χ4v) is 4.79. The molecule has 0 aliphatic carbocycles. The molecular formula is C26H24ClF2N5O3S. The van der Waals surface area contributed by atoms with Crippen molar-refractivity contribution in [1.29, 1.82) is 0 Å². The summed E-state index contributed by atoms with van der Waals surface area (Å²) in [5.74, 6) is -2.77. The zero-order valence-electron chi connectivity index (χ0n) is 23.0. The van der Waals surface area contributed by atoms with Crippen LogP contribution in [0.15, 0.2) is 40.8 Å². The first-order valence-corrected chi connectivity index (χ1v) is 12.5. The molecule has 8 nitrogen and oxygen atoms in total. The number of nitrogens with zero attached hydrogens (tertiary/aromatic N) is 4. The molecule has 4 rings (SSSR count). The maximum atomic E-state index is 14.2. The van der Waals surface area contributed by atoms with E-state index in [9.17, 15) is 18.4 Å². The summed E-state index contributed by atoms with van der Waals surface area (Å²) in [6, 6.07) is 3.48. The molecule has 0 radical (unpaired) electrons.